The molecule has 2 aromatic rings. The first kappa shape index (κ1) is 11.4. The van der Waals surface area contributed by atoms with Gasteiger partial charge in [0, 0.05) is 24.0 Å². The van der Waals surface area contributed by atoms with Crippen molar-refractivity contribution in [3.8, 4) is 0 Å². The number of aromatic nitrogens is 3. The molecule has 0 amide bonds. The van der Waals surface area contributed by atoms with Gasteiger partial charge < -0.3 is 5.32 Å². The molecule has 6 heteroatoms. The Balaban J connectivity index is 2.08. The summed E-state index contributed by atoms with van der Waals surface area (Å²) in [4.78, 5) is 4.19. The molecule has 0 saturated heterocycles. The number of rotatable bonds is 3. The lowest BCUT2D eigenvalue weighted by Crippen LogP contribution is -2.02. The predicted octanol–water partition coefficient (Wildman–Crippen LogP) is 3.14. The maximum absolute atomic E-state index is 5.81. The zero-order valence-electron chi connectivity index (χ0n) is 8.59. The molecule has 84 valence electrons. The first-order valence-corrected chi connectivity index (χ1v) is 5.87. The van der Waals surface area contributed by atoms with Crippen LogP contribution in [0.1, 0.15) is 11.3 Å². The zero-order chi connectivity index (χ0) is 11.5. The Kier molecular flexibility index (Phi) is 3.46. The minimum Gasteiger partial charge on any atom is -0.365 e. The van der Waals surface area contributed by atoms with Gasteiger partial charge in [0.15, 0.2) is 0 Å². The maximum Gasteiger partial charge on any atom is 0.140 e. The molecule has 0 radical (unpaired) electrons. The van der Waals surface area contributed by atoms with E-state index in [0.29, 0.717) is 11.6 Å². The van der Waals surface area contributed by atoms with Crippen LogP contribution in [0.3, 0.4) is 0 Å². The van der Waals surface area contributed by atoms with E-state index in [2.05, 4.69) is 36.4 Å². The quantitative estimate of drug-likeness (QED) is 0.915. The highest BCUT2D eigenvalue weighted by molar-refractivity contribution is 9.10. The van der Waals surface area contributed by atoms with Crippen molar-refractivity contribution >= 4 is 33.3 Å². The van der Waals surface area contributed by atoms with Crippen LogP contribution in [0.25, 0.3) is 0 Å². The smallest absolute Gasteiger partial charge is 0.140 e. The van der Waals surface area contributed by atoms with Crippen molar-refractivity contribution in [2.75, 3.05) is 5.32 Å². The third kappa shape index (κ3) is 2.54. The molecule has 2 heterocycles. The van der Waals surface area contributed by atoms with E-state index in [1.807, 2.05) is 6.92 Å². The van der Waals surface area contributed by atoms with Crippen LogP contribution in [0.5, 0.6) is 0 Å². The molecule has 2 aromatic heterocycles. The largest absolute Gasteiger partial charge is 0.365 e. The van der Waals surface area contributed by atoms with Crippen molar-refractivity contribution in [2.45, 2.75) is 13.5 Å². The van der Waals surface area contributed by atoms with E-state index in [-0.39, 0.29) is 0 Å². The van der Waals surface area contributed by atoms with Gasteiger partial charge in [0.1, 0.15) is 5.82 Å². The molecule has 0 aliphatic rings. The third-order valence-electron chi connectivity index (χ3n) is 2.19. The number of halogens is 2. The predicted molar refractivity (Wildman–Crippen MR) is 67.6 cm³/mol. The number of H-pyrrole nitrogens is 1. The Morgan fingerprint density at radius 1 is 1.50 bits per heavy atom. The van der Waals surface area contributed by atoms with Crippen LogP contribution in [0.15, 0.2) is 22.9 Å². The monoisotopic (exact) mass is 300 g/mol. The molecule has 0 aromatic carbocycles. The molecule has 2 rings (SSSR count). The summed E-state index contributed by atoms with van der Waals surface area (Å²) in [6.07, 6.45) is 3.41. The molecule has 0 saturated carbocycles. The summed E-state index contributed by atoms with van der Waals surface area (Å²) >= 11 is 9.20. The van der Waals surface area contributed by atoms with Crippen LogP contribution >= 0.6 is 27.5 Å². The molecular weight excluding hydrogens is 291 g/mol. The van der Waals surface area contributed by atoms with E-state index in [1.54, 1.807) is 18.5 Å². The fourth-order valence-corrected chi connectivity index (χ4v) is 2.06. The van der Waals surface area contributed by atoms with Crippen LogP contribution in [-0.2, 0) is 6.54 Å². The lowest BCUT2D eigenvalue weighted by Gasteiger charge is -2.06. The first-order chi connectivity index (χ1) is 7.66. The molecule has 0 fully saturated rings. The van der Waals surface area contributed by atoms with Crippen LogP contribution in [0.4, 0.5) is 5.82 Å². The average molecular weight is 302 g/mol. The van der Waals surface area contributed by atoms with Gasteiger partial charge >= 0.3 is 0 Å². The second-order valence-electron chi connectivity index (χ2n) is 3.36. The van der Waals surface area contributed by atoms with Gasteiger partial charge in [0.2, 0.25) is 0 Å². The summed E-state index contributed by atoms with van der Waals surface area (Å²) in [6, 6.07) is 1.80. The summed E-state index contributed by atoms with van der Waals surface area (Å²) in [5.41, 5.74) is 2.17. The molecule has 0 bridgehead atoms. The van der Waals surface area contributed by atoms with Crippen molar-refractivity contribution < 1.29 is 0 Å². The molecule has 0 spiro atoms. The molecule has 0 aliphatic carbocycles. The summed E-state index contributed by atoms with van der Waals surface area (Å²) < 4.78 is 0.848. The van der Waals surface area contributed by atoms with Gasteiger partial charge in [-0.15, -0.1) is 0 Å². The first-order valence-electron chi connectivity index (χ1n) is 4.70. The number of anilines is 1. The highest BCUT2D eigenvalue weighted by atomic mass is 79.9. The molecule has 0 aliphatic heterocycles. The summed E-state index contributed by atoms with van der Waals surface area (Å²) in [6.45, 7) is 2.66. The minimum absolute atomic E-state index is 0.608. The molecule has 16 heavy (non-hydrogen) atoms. The van der Waals surface area contributed by atoms with E-state index in [4.69, 9.17) is 11.6 Å². The molecule has 4 nitrogen and oxygen atoms in total. The summed E-state index contributed by atoms with van der Waals surface area (Å²) in [7, 11) is 0. The number of pyridine rings is 1. The number of nitrogens with zero attached hydrogens (tertiary/aromatic N) is 2. The van der Waals surface area contributed by atoms with Crippen LogP contribution in [0.2, 0.25) is 5.02 Å². The molecule has 2 N–H and O–H groups in total. The summed E-state index contributed by atoms with van der Waals surface area (Å²) in [5.74, 6) is 0.769. The Morgan fingerprint density at radius 3 is 2.94 bits per heavy atom. The van der Waals surface area contributed by atoms with E-state index >= 15 is 0 Å². The fourth-order valence-electron chi connectivity index (χ4n) is 1.28. The van der Waals surface area contributed by atoms with Gasteiger partial charge in [-0.2, -0.15) is 5.10 Å². The molecular formula is C10H10BrClN4. The zero-order valence-corrected chi connectivity index (χ0v) is 10.9. The van der Waals surface area contributed by atoms with Gasteiger partial charge in [-0.3, -0.25) is 5.10 Å². The van der Waals surface area contributed by atoms with Gasteiger partial charge in [-0.25, -0.2) is 4.98 Å². The SMILES string of the molecule is Cc1[nH]ncc1CNc1ncc(Cl)cc1Br. The van der Waals surface area contributed by atoms with Crippen molar-refractivity contribution in [3.05, 3.63) is 39.2 Å². The van der Waals surface area contributed by atoms with E-state index in [0.717, 1.165) is 21.5 Å². The van der Waals surface area contributed by atoms with Crippen molar-refractivity contribution in [1.82, 2.24) is 15.2 Å². The van der Waals surface area contributed by atoms with Crippen molar-refractivity contribution in [1.29, 1.82) is 0 Å². The highest BCUT2D eigenvalue weighted by Gasteiger charge is 2.04. The number of aryl methyl sites for hydroxylation is 1. The lowest BCUT2D eigenvalue weighted by molar-refractivity contribution is 1.04. The summed E-state index contributed by atoms with van der Waals surface area (Å²) in [5, 5.41) is 10.7. The van der Waals surface area contributed by atoms with Gasteiger partial charge in [0.25, 0.3) is 0 Å². The molecule has 0 atom stereocenters. The van der Waals surface area contributed by atoms with Crippen molar-refractivity contribution in [3.63, 3.8) is 0 Å². The van der Waals surface area contributed by atoms with Gasteiger partial charge in [-0.05, 0) is 28.9 Å². The van der Waals surface area contributed by atoms with Crippen LogP contribution in [0, 0.1) is 6.92 Å². The Labute approximate surface area is 107 Å². The van der Waals surface area contributed by atoms with E-state index < -0.39 is 0 Å². The second-order valence-corrected chi connectivity index (χ2v) is 4.65. The Hall–Kier alpha value is -1.07. The number of aromatic amines is 1. The average Bonchev–Trinajstić information content (AvgIpc) is 2.63. The topological polar surface area (TPSA) is 53.6 Å². The van der Waals surface area contributed by atoms with Gasteiger partial charge in [-0.1, -0.05) is 11.6 Å². The third-order valence-corrected chi connectivity index (χ3v) is 3.00. The Morgan fingerprint density at radius 2 is 2.31 bits per heavy atom. The lowest BCUT2D eigenvalue weighted by atomic mass is 10.2. The van der Waals surface area contributed by atoms with Crippen LogP contribution < -0.4 is 5.32 Å². The van der Waals surface area contributed by atoms with Crippen LogP contribution in [-0.4, -0.2) is 15.2 Å². The fraction of sp³-hybridized carbons (Fsp3) is 0.200. The molecule has 0 unspecified atom stereocenters. The number of hydrogen-bond acceptors (Lipinski definition) is 3. The van der Waals surface area contributed by atoms with E-state index in [9.17, 15) is 0 Å². The standard InChI is InChI=1S/C10H10BrClN4/c1-6-7(4-15-16-6)3-13-10-9(11)2-8(12)5-14-10/h2,4-5H,3H2,1H3,(H,13,14)(H,15,16). The number of nitrogens with one attached hydrogen (secondary N) is 2. The minimum atomic E-state index is 0.608. The number of hydrogen-bond donors (Lipinski definition) is 2. The van der Waals surface area contributed by atoms with E-state index in [1.165, 1.54) is 0 Å². The Bertz CT molecular complexity index is 497. The maximum atomic E-state index is 5.81. The van der Waals surface area contributed by atoms with Crippen molar-refractivity contribution in [2.24, 2.45) is 0 Å². The second kappa shape index (κ2) is 4.84. The normalized spacial score (nSPS) is 10.4. The highest BCUT2D eigenvalue weighted by Crippen LogP contribution is 2.23. The van der Waals surface area contributed by atoms with Gasteiger partial charge in [0.05, 0.1) is 15.7 Å².